The first-order valence-corrected chi connectivity index (χ1v) is 10.4. The van der Waals surface area contributed by atoms with Gasteiger partial charge in [0.15, 0.2) is 6.79 Å². The van der Waals surface area contributed by atoms with Crippen molar-refractivity contribution in [1.29, 1.82) is 0 Å². The van der Waals surface area contributed by atoms with Crippen molar-refractivity contribution >= 4 is 34.0 Å². The van der Waals surface area contributed by atoms with Gasteiger partial charge < -0.3 is 20.1 Å². The van der Waals surface area contributed by atoms with E-state index in [1.807, 2.05) is 25.2 Å². The maximum absolute atomic E-state index is 13.4. The fraction of sp³-hybridized carbons (Fsp3) is 0.364. The van der Waals surface area contributed by atoms with Crippen LogP contribution in [0.1, 0.15) is 25.7 Å². The summed E-state index contributed by atoms with van der Waals surface area (Å²) in [7, 11) is 2.01. The van der Waals surface area contributed by atoms with Crippen LogP contribution in [0.5, 0.6) is 5.75 Å². The number of anilines is 2. The molecule has 3 aromatic rings. The predicted octanol–water partition coefficient (Wildman–Crippen LogP) is 5.05. The lowest BCUT2D eigenvalue weighted by atomic mass is 9.93. The second-order valence-corrected chi connectivity index (χ2v) is 7.75. The Morgan fingerprint density at radius 1 is 1.10 bits per heavy atom. The van der Waals surface area contributed by atoms with Gasteiger partial charge in [0.25, 0.3) is 0 Å². The molecule has 30 heavy (non-hydrogen) atoms. The number of fused-ring (bicyclic) bond motifs is 1. The van der Waals surface area contributed by atoms with Crippen LogP contribution >= 0.6 is 11.6 Å². The summed E-state index contributed by atoms with van der Waals surface area (Å²) in [6.45, 7) is 0.199. The maximum atomic E-state index is 13.4. The minimum atomic E-state index is -0.468. The minimum Gasteiger partial charge on any atom is -0.468 e. The number of rotatable bonds is 7. The van der Waals surface area contributed by atoms with Crippen molar-refractivity contribution in [3.8, 4) is 5.75 Å². The number of hydrogen-bond donors (Lipinski definition) is 2. The number of benzene rings is 2. The molecule has 1 aromatic heterocycles. The first-order chi connectivity index (χ1) is 14.6. The molecule has 8 heteroatoms. The summed E-state index contributed by atoms with van der Waals surface area (Å²) < 4.78 is 25.1. The second-order valence-electron chi connectivity index (χ2n) is 7.35. The third-order valence-corrected chi connectivity index (χ3v) is 5.69. The van der Waals surface area contributed by atoms with Crippen molar-refractivity contribution in [2.24, 2.45) is 0 Å². The fourth-order valence-electron chi connectivity index (χ4n) is 3.65. The van der Waals surface area contributed by atoms with E-state index in [9.17, 15) is 4.39 Å². The molecule has 1 aliphatic carbocycles. The van der Waals surface area contributed by atoms with E-state index in [1.165, 1.54) is 18.5 Å². The Labute approximate surface area is 179 Å². The molecule has 2 aromatic carbocycles. The van der Waals surface area contributed by atoms with Crippen LogP contribution < -0.4 is 15.4 Å². The van der Waals surface area contributed by atoms with Crippen molar-refractivity contribution in [3.05, 3.63) is 53.6 Å². The first kappa shape index (κ1) is 20.8. The molecule has 1 heterocycles. The zero-order valence-corrected chi connectivity index (χ0v) is 17.5. The Balaban J connectivity index is 1.42. The standard InChI is InChI=1S/C22H24ClFN4O2/c1-25-14-2-5-16(6-3-14)29-13-30-17-7-9-21-18(11-17)22(27-12-26-21)28-15-4-8-20(24)19(23)10-15/h4,7-12,14,16,25H,2-3,5-6,13H2,1H3,(H,26,27,28)/t14-,16-. The summed E-state index contributed by atoms with van der Waals surface area (Å²) in [6, 6.07) is 10.6. The molecule has 2 N–H and O–H groups in total. The van der Waals surface area contributed by atoms with E-state index in [0.29, 0.717) is 23.3 Å². The average molecular weight is 431 g/mol. The Kier molecular flexibility index (Phi) is 6.62. The van der Waals surface area contributed by atoms with E-state index < -0.39 is 5.82 Å². The Morgan fingerprint density at radius 2 is 1.93 bits per heavy atom. The highest BCUT2D eigenvalue weighted by atomic mass is 35.5. The molecule has 1 aliphatic rings. The van der Waals surface area contributed by atoms with Crippen LogP contribution in [0, 0.1) is 5.82 Å². The van der Waals surface area contributed by atoms with Gasteiger partial charge in [0.1, 0.15) is 23.7 Å². The summed E-state index contributed by atoms with van der Waals surface area (Å²) in [5.74, 6) is 0.783. The van der Waals surface area contributed by atoms with Gasteiger partial charge in [-0.1, -0.05) is 11.6 Å². The highest BCUT2D eigenvalue weighted by Gasteiger charge is 2.20. The van der Waals surface area contributed by atoms with Gasteiger partial charge in [-0.15, -0.1) is 0 Å². The molecule has 0 radical (unpaired) electrons. The lowest BCUT2D eigenvalue weighted by Gasteiger charge is -2.28. The number of hydrogen-bond acceptors (Lipinski definition) is 6. The summed E-state index contributed by atoms with van der Waals surface area (Å²) in [5.41, 5.74) is 1.40. The van der Waals surface area contributed by atoms with Crippen LogP contribution in [-0.2, 0) is 4.74 Å². The van der Waals surface area contributed by atoms with Crippen molar-refractivity contribution in [2.45, 2.75) is 37.8 Å². The monoisotopic (exact) mass is 430 g/mol. The van der Waals surface area contributed by atoms with Gasteiger partial charge in [-0.05, 0) is 69.1 Å². The van der Waals surface area contributed by atoms with Gasteiger partial charge in [0.2, 0.25) is 0 Å². The van der Waals surface area contributed by atoms with E-state index in [0.717, 1.165) is 36.6 Å². The Morgan fingerprint density at radius 3 is 2.70 bits per heavy atom. The lowest BCUT2D eigenvalue weighted by molar-refractivity contribution is -0.0522. The fourth-order valence-corrected chi connectivity index (χ4v) is 3.83. The smallest absolute Gasteiger partial charge is 0.189 e. The molecule has 158 valence electrons. The van der Waals surface area contributed by atoms with Crippen LogP contribution in [0.2, 0.25) is 5.02 Å². The van der Waals surface area contributed by atoms with Crippen molar-refractivity contribution in [3.63, 3.8) is 0 Å². The largest absolute Gasteiger partial charge is 0.468 e. The normalized spacial score (nSPS) is 19.0. The molecular formula is C22H24ClFN4O2. The first-order valence-electron chi connectivity index (χ1n) is 10.0. The number of aromatic nitrogens is 2. The topological polar surface area (TPSA) is 68.3 Å². The van der Waals surface area contributed by atoms with E-state index in [2.05, 4.69) is 20.6 Å². The zero-order chi connectivity index (χ0) is 20.9. The van der Waals surface area contributed by atoms with Gasteiger partial charge >= 0.3 is 0 Å². The molecular weight excluding hydrogens is 407 g/mol. The van der Waals surface area contributed by atoms with E-state index in [-0.39, 0.29) is 17.9 Å². The van der Waals surface area contributed by atoms with Crippen molar-refractivity contribution < 1.29 is 13.9 Å². The quantitative estimate of drug-likeness (QED) is 0.511. The number of halogens is 2. The number of nitrogens with zero attached hydrogens (tertiary/aromatic N) is 2. The van der Waals surface area contributed by atoms with Crippen molar-refractivity contribution in [1.82, 2.24) is 15.3 Å². The molecule has 0 saturated heterocycles. The molecule has 0 spiro atoms. The predicted molar refractivity (Wildman–Crippen MR) is 116 cm³/mol. The van der Waals surface area contributed by atoms with E-state index >= 15 is 0 Å². The van der Waals surface area contributed by atoms with Gasteiger partial charge in [0, 0.05) is 17.1 Å². The van der Waals surface area contributed by atoms with Crippen LogP contribution in [-0.4, -0.2) is 36.0 Å². The molecule has 0 atom stereocenters. The van der Waals surface area contributed by atoms with Gasteiger partial charge in [-0.2, -0.15) is 0 Å². The summed E-state index contributed by atoms with van der Waals surface area (Å²) >= 11 is 5.88. The summed E-state index contributed by atoms with van der Waals surface area (Å²) in [6.07, 6.45) is 6.02. The third kappa shape index (κ3) is 4.98. The Bertz CT molecular complexity index is 1010. The lowest BCUT2D eigenvalue weighted by Crippen LogP contribution is -2.33. The highest BCUT2D eigenvalue weighted by Crippen LogP contribution is 2.28. The third-order valence-electron chi connectivity index (χ3n) is 5.40. The molecule has 1 saturated carbocycles. The molecule has 4 rings (SSSR count). The van der Waals surface area contributed by atoms with E-state index in [4.69, 9.17) is 21.1 Å². The second kappa shape index (κ2) is 9.55. The summed E-state index contributed by atoms with van der Waals surface area (Å²) in [5, 5.41) is 7.31. The van der Waals surface area contributed by atoms with Gasteiger partial charge in [0.05, 0.1) is 16.6 Å². The molecule has 0 bridgehead atoms. The molecule has 6 nitrogen and oxygen atoms in total. The Hall–Kier alpha value is -2.48. The average Bonchev–Trinajstić information content (AvgIpc) is 2.77. The summed E-state index contributed by atoms with van der Waals surface area (Å²) in [4.78, 5) is 8.61. The zero-order valence-electron chi connectivity index (χ0n) is 16.7. The molecule has 0 amide bonds. The number of nitrogens with one attached hydrogen (secondary N) is 2. The SMILES string of the molecule is CN[C@H]1CC[C@H](OCOc2ccc3ncnc(Nc4ccc(F)c(Cl)c4)c3c2)CC1. The van der Waals surface area contributed by atoms with Crippen LogP contribution in [0.25, 0.3) is 10.9 Å². The maximum Gasteiger partial charge on any atom is 0.189 e. The van der Waals surface area contributed by atoms with E-state index in [1.54, 1.807) is 6.07 Å². The van der Waals surface area contributed by atoms with Crippen LogP contribution in [0.15, 0.2) is 42.7 Å². The van der Waals surface area contributed by atoms with Gasteiger partial charge in [-0.25, -0.2) is 14.4 Å². The number of ether oxygens (including phenoxy) is 2. The van der Waals surface area contributed by atoms with Crippen LogP contribution in [0.4, 0.5) is 15.9 Å². The van der Waals surface area contributed by atoms with Gasteiger partial charge in [-0.3, -0.25) is 0 Å². The molecule has 0 unspecified atom stereocenters. The highest BCUT2D eigenvalue weighted by molar-refractivity contribution is 6.31. The van der Waals surface area contributed by atoms with Crippen molar-refractivity contribution in [2.75, 3.05) is 19.2 Å². The minimum absolute atomic E-state index is 0.0447. The molecule has 1 fully saturated rings. The molecule has 0 aliphatic heterocycles. The van der Waals surface area contributed by atoms with Crippen LogP contribution in [0.3, 0.4) is 0 Å².